The first-order valence-electron chi connectivity index (χ1n) is 9.87. The molecule has 1 aliphatic rings. The van der Waals surface area contributed by atoms with Gasteiger partial charge in [-0.1, -0.05) is 60.3 Å². The number of anilines is 1. The summed E-state index contributed by atoms with van der Waals surface area (Å²) in [5.74, 6) is 2.19. The van der Waals surface area contributed by atoms with Gasteiger partial charge >= 0.3 is 0 Å². The number of benzene rings is 3. The van der Waals surface area contributed by atoms with Crippen LogP contribution in [0.25, 0.3) is 10.8 Å². The van der Waals surface area contributed by atoms with Crippen molar-refractivity contribution in [3.8, 4) is 11.5 Å². The van der Waals surface area contributed by atoms with Gasteiger partial charge in [0.2, 0.25) is 5.91 Å². The number of amides is 1. The molecule has 0 bridgehead atoms. The Balaban J connectivity index is 1.24. The lowest BCUT2D eigenvalue weighted by Gasteiger charge is -2.25. The fourth-order valence-corrected chi connectivity index (χ4v) is 4.25. The van der Waals surface area contributed by atoms with Crippen LogP contribution in [0.4, 0.5) is 5.69 Å². The first-order chi connectivity index (χ1) is 15.2. The molecule has 156 valence electrons. The summed E-state index contributed by atoms with van der Waals surface area (Å²) in [4.78, 5) is 12.6. The molecule has 1 unspecified atom stereocenters. The molecule has 4 aromatic rings. The fraction of sp³-hybridized carbons (Fsp3) is 0.174. The van der Waals surface area contributed by atoms with Crippen LogP contribution in [0.15, 0.2) is 71.9 Å². The highest BCUT2D eigenvalue weighted by molar-refractivity contribution is 7.99. The van der Waals surface area contributed by atoms with E-state index in [2.05, 4.69) is 15.5 Å². The third-order valence-electron chi connectivity index (χ3n) is 5.06. The molecule has 1 aliphatic heterocycles. The van der Waals surface area contributed by atoms with Crippen LogP contribution in [0.1, 0.15) is 11.9 Å². The van der Waals surface area contributed by atoms with Crippen LogP contribution in [0.5, 0.6) is 11.5 Å². The first kappa shape index (κ1) is 19.4. The summed E-state index contributed by atoms with van der Waals surface area (Å²) in [7, 11) is 1.87. The van der Waals surface area contributed by atoms with Gasteiger partial charge in [0.1, 0.15) is 6.61 Å². The number of carbonyl (C=O) groups excluding carboxylic acids is 1. The number of para-hydroxylation sites is 2. The molecule has 0 radical (unpaired) electrons. The largest absolute Gasteiger partial charge is 0.485 e. The summed E-state index contributed by atoms with van der Waals surface area (Å²) < 4.78 is 13.6. The van der Waals surface area contributed by atoms with Crippen LogP contribution in [-0.4, -0.2) is 33.0 Å². The van der Waals surface area contributed by atoms with Gasteiger partial charge in [0, 0.05) is 18.1 Å². The SMILES string of the molecule is Cn1c(SCC(=O)Nc2cccc3ccccc23)nnc1C1COc2ccccc2O1. The lowest BCUT2D eigenvalue weighted by molar-refractivity contribution is -0.113. The van der Waals surface area contributed by atoms with Crippen molar-refractivity contribution >= 4 is 34.1 Å². The molecule has 0 fully saturated rings. The molecule has 7 nitrogen and oxygen atoms in total. The molecule has 0 saturated heterocycles. The van der Waals surface area contributed by atoms with E-state index in [1.807, 2.05) is 78.3 Å². The van der Waals surface area contributed by atoms with Crippen LogP contribution in [0.3, 0.4) is 0 Å². The van der Waals surface area contributed by atoms with E-state index >= 15 is 0 Å². The average Bonchev–Trinajstić information content (AvgIpc) is 3.18. The van der Waals surface area contributed by atoms with E-state index in [0.717, 1.165) is 22.2 Å². The van der Waals surface area contributed by atoms with Crippen molar-refractivity contribution in [2.24, 2.45) is 7.05 Å². The Morgan fingerprint density at radius 2 is 1.84 bits per heavy atom. The maximum absolute atomic E-state index is 12.6. The predicted molar refractivity (Wildman–Crippen MR) is 120 cm³/mol. The summed E-state index contributed by atoms with van der Waals surface area (Å²) in [6, 6.07) is 21.4. The number of aromatic nitrogens is 3. The van der Waals surface area contributed by atoms with E-state index in [4.69, 9.17) is 9.47 Å². The van der Waals surface area contributed by atoms with E-state index in [1.54, 1.807) is 0 Å². The van der Waals surface area contributed by atoms with Crippen molar-refractivity contribution in [1.82, 2.24) is 14.8 Å². The molecule has 0 aliphatic carbocycles. The van der Waals surface area contributed by atoms with Crippen molar-refractivity contribution in [3.05, 3.63) is 72.6 Å². The number of thioether (sulfide) groups is 1. The Morgan fingerprint density at radius 3 is 2.74 bits per heavy atom. The van der Waals surface area contributed by atoms with E-state index in [9.17, 15) is 4.79 Å². The minimum atomic E-state index is -0.355. The maximum Gasteiger partial charge on any atom is 0.234 e. The lowest BCUT2D eigenvalue weighted by atomic mass is 10.1. The number of fused-ring (bicyclic) bond motifs is 2. The molecular formula is C23H20N4O3S. The number of hydrogen-bond donors (Lipinski definition) is 1. The van der Waals surface area contributed by atoms with E-state index in [-0.39, 0.29) is 17.8 Å². The monoisotopic (exact) mass is 432 g/mol. The highest BCUT2D eigenvalue weighted by Gasteiger charge is 2.27. The molecule has 1 amide bonds. The molecule has 1 atom stereocenters. The second-order valence-electron chi connectivity index (χ2n) is 7.13. The smallest absolute Gasteiger partial charge is 0.234 e. The second kappa shape index (κ2) is 8.31. The van der Waals surface area contributed by atoms with Gasteiger partial charge in [-0.3, -0.25) is 4.79 Å². The van der Waals surface area contributed by atoms with Gasteiger partial charge in [-0.2, -0.15) is 0 Å². The molecule has 0 saturated carbocycles. The number of rotatable bonds is 5. The summed E-state index contributed by atoms with van der Waals surface area (Å²) in [6.45, 7) is 0.356. The van der Waals surface area contributed by atoms with E-state index < -0.39 is 0 Å². The van der Waals surface area contributed by atoms with Crippen LogP contribution >= 0.6 is 11.8 Å². The summed E-state index contributed by atoms with van der Waals surface area (Å²) in [5, 5.41) is 14.2. The summed E-state index contributed by atoms with van der Waals surface area (Å²) >= 11 is 1.33. The van der Waals surface area contributed by atoms with Gasteiger partial charge in [0.15, 0.2) is 28.6 Å². The zero-order valence-electron chi connectivity index (χ0n) is 16.8. The van der Waals surface area contributed by atoms with Gasteiger partial charge in [-0.15, -0.1) is 10.2 Å². The zero-order valence-corrected chi connectivity index (χ0v) is 17.6. The van der Waals surface area contributed by atoms with Crippen LogP contribution in [0, 0.1) is 0 Å². The van der Waals surface area contributed by atoms with Crippen LogP contribution in [-0.2, 0) is 11.8 Å². The molecule has 1 aromatic heterocycles. The number of carbonyl (C=O) groups is 1. The Morgan fingerprint density at radius 1 is 1.06 bits per heavy atom. The quantitative estimate of drug-likeness (QED) is 0.476. The minimum absolute atomic E-state index is 0.0999. The lowest BCUT2D eigenvalue weighted by Crippen LogP contribution is -2.24. The van der Waals surface area contributed by atoms with Crippen molar-refractivity contribution in [1.29, 1.82) is 0 Å². The van der Waals surface area contributed by atoms with E-state index in [1.165, 1.54) is 11.8 Å². The summed E-state index contributed by atoms with van der Waals surface area (Å²) in [6.07, 6.45) is -0.355. The summed E-state index contributed by atoms with van der Waals surface area (Å²) in [5.41, 5.74) is 0.800. The predicted octanol–water partition coefficient (Wildman–Crippen LogP) is 4.21. The molecule has 2 heterocycles. The first-order valence-corrected chi connectivity index (χ1v) is 10.9. The number of nitrogens with one attached hydrogen (secondary N) is 1. The fourth-order valence-electron chi connectivity index (χ4n) is 3.53. The van der Waals surface area contributed by atoms with Crippen LogP contribution < -0.4 is 14.8 Å². The molecule has 0 spiro atoms. The van der Waals surface area contributed by atoms with Gasteiger partial charge < -0.3 is 19.4 Å². The minimum Gasteiger partial charge on any atom is -0.485 e. The molecule has 31 heavy (non-hydrogen) atoms. The second-order valence-corrected chi connectivity index (χ2v) is 8.07. The molecule has 3 aromatic carbocycles. The molecule has 1 N–H and O–H groups in total. The Kier molecular flexibility index (Phi) is 5.21. The molecule has 5 rings (SSSR count). The highest BCUT2D eigenvalue weighted by Crippen LogP contribution is 2.35. The van der Waals surface area contributed by atoms with Gasteiger partial charge in [0.05, 0.1) is 5.75 Å². The van der Waals surface area contributed by atoms with Crippen molar-refractivity contribution in [2.45, 2.75) is 11.3 Å². The number of hydrogen-bond acceptors (Lipinski definition) is 6. The van der Waals surface area contributed by atoms with E-state index in [0.29, 0.717) is 23.3 Å². The van der Waals surface area contributed by atoms with Crippen LogP contribution in [0.2, 0.25) is 0 Å². The topological polar surface area (TPSA) is 78.3 Å². The Hall–Kier alpha value is -3.52. The van der Waals surface area contributed by atoms with Crippen molar-refractivity contribution in [3.63, 3.8) is 0 Å². The number of nitrogens with zero attached hydrogens (tertiary/aromatic N) is 3. The Bertz CT molecular complexity index is 1250. The van der Waals surface area contributed by atoms with Gasteiger partial charge in [0.25, 0.3) is 0 Å². The van der Waals surface area contributed by atoms with Crippen molar-refractivity contribution < 1.29 is 14.3 Å². The maximum atomic E-state index is 12.6. The third kappa shape index (κ3) is 3.94. The normalized spacial score (nSPS) is 15.1. The molecular weight excluding hydrogens is 412 g/mol. The third-order valence-corrected chi connectivity index (χ3v) is 6.08. The van der Waals surface area contributed by atoms with Gasteiger partial charge in [-0.25, -0.2) is 0 Å². The average molecular weight is 433 g/mol. The molecule has 8 heteroatoms. The zero-order chi connectivity index (χ0) is 21.2. The Labute approximate surface area is 183 Å². The highest BCUT2D eigenvalue weighted by atomic mass is 32.2. The van der Waals surface area contributed by atoms with Gasteiger partial charge in [-0.05, 0) is 23.6 Å². The van der Waals surface area contributed by atoms with Crippen molar-refractivity contribution in [2.75, 3.05) is 17.7 Å². The number of ether oxygens (including phenoxy) is 2. The standard InChI is InChI=1S/C23H20N4O3S/c1-27-22(20-13-29-18-11-4-5-12-19(18)30-20)25-26-23(27)31-14-21(28)24-17-10-6-8-15-7-2-3-9-16(15)17/h2-12,20H,13-14H2,1H3,(H,24,28).